The Morgan fingerprint density at radius 2 is 2.22 bits per heavy atom. The van der Waals surface area contributed by atoms with Gasteiger partial charge < -0.3 is 15.3 Å². The van der Waals surface area contributed by atoms with Gasteiger partial charge in [-0.15, -0.1) is 0 Å². The molecule has 2 amide bonds. The van der Waals surface area contributed by atoms with Crippen LogP contribution in [0.15, 0.2) is 18.2 Å². The van der Waals surface area contributed by atoms with Crippen molar-refractivity contribution in [3.05, 3.63) is 28.2 Å². The predicted molar refractivity (Wildman–Crippen MR) is 93.1 cm³/mol. The predicted octanol–water partition coefficient (Wildman–Crippen LogP) is 4.40. The molecule has 0 aromatic heterocycles. The van der Waals surface area contributed by atoms with Crippen molar-refractivity contribution in [2.45, 2.75) is 38.2 Å². The molecule has 2 N–H and O–H groups in total. The molecule has 1 heterocycles. The molecule has 0 unspecified atom stereocenters. The lowest BCUT2D eigenvalue weighted by atomic mass is 9.69. The topological polar surface area (TPSA) is 52.6 Å². The fourth-order valence-corrected chi connectivity index (χ4v) is 4.47. The third-order valence-corrected chi connectivity index (χ3v) is 5.94. The van der Waals surface area contributed by atoms with Gasteiger partial charge in [-0.1, -0.05) is 36.5 Å². The van der Waals surface area contributed by atoms with Crippen LogP contribution in [0, 0.1) is 11.8 Å². The summed E-state index contributed by atoms with van der Waals surface area (Å²) in [6, 6.07) is 4.84. The highest BCUT2D eigenvalue weighted by molar-refractivity contribution is 6.36. The SMILES string of the molecule is CC[C@@]1(O)CCC[C@@H]2CN(C(=O)Nc3ccc(Cl)cc3Cl)C[C@@H]21. The highest BCUT2D eigenvalue weighted by Gasteiger charge is 2.48. The van der Waals surface area contributed by atoms with Gasteiger partial charge in [0.1, 0.15) is 0 Å². The average Bonchev–Trinajstić information content (AvgIpc) is 2.96. The summed E-state index contributed by atoms with van der Waals surface area (Å²) in [5.74, 6) is 0.563. The first-order chi connectivity index (χ1) is 10.9. The van der Waals surface area contributed by atoms with E-state index in [0.717, 1.165) is 25.7 Å². The Morgan fingerprint density at radius 1 is 1.43 bits per heavy atom. The van der Waals surface area contributed by atoms with Crippen LogP contribution in [0.2, 0.25) is 10.0 Å². The van der Waals surface area contributed by atoms with E-state index in [-0.39, 0.29) is 11.9 Å². The van der Waals surface area contributed by atoms with Crippen LogP contribution in [-0.4, -0.2) is 34.7 Å². The van der Waals surface area contributed by atoms with Crippen molar-refractivity contribution in [1.82, 2.24) is 4.90 Å². The summed E-state index contributed by atoms with van der Waals surface area (Å²) >= 11 is 12.0. The van der Waals surface area contributed by atoms with Crippen molar-refractivity contribution in [3.63, 3.8) is 0 Å². The number of hydrogen-bond acceptors (Lipinski definition) is 2. The molecule has 1 aliphatic carbocycles. The molecule has 6 heteroatoms. The van der Waals surface area contributed by atoms with Crippen LogP contribution in [0.4, 0.5) is 10.5 Å². The van der Waals surface area contributed by atoms with E-state index in [4.69, 9.17) is 23.2 Å². The molecule has 0 spiro atoms. The lowest BCUT2D eigenvalue weighted by Crippen LogP contribution is -2.44. The lowest BCUT2D eigenvalue weighted by molar-refractivity contribution is -0.0607. The maximum atomic E-state index is 12.5. The maximum Gasteiger partial charge on any atom is 0.321 e. The van der Waals surface area contributed by atoms with Gasteiger partial charge in [0.25, 0.3) is 0 Å². The summed E-state index contributed by atoms with van der Waals surface area (Å²) in [6.45, 7) is 3.33. The Kier molecular flexibility index (Phi) is 4.77. The third kappa shape index (κ3) is 3.30. The number of rotatable bonds is 2. The Bertz CT molecular complexity index is 610. The van der Waals surface area contributed by atoms with Crippen molar-refractivity contribution >= 4 is 34.9 Å². The van der Waals surface area contributed by atoms with Crippen LogP contribution in [-0.2, 0) is 0 Å². The highest BCUT2D eigenvalue weighted by Crippen LogP contribution is 2.44. The summed E-state index contributed by atoms with van der Waals surface area (Å²) in [4.78, 5) is 14.3. The second-order valence-electron chi connectivity index (χ2n) is 6.68. The van der Waals surface area contributed by atoms with Gasteiger partial charge in [-0.3, -0.25) is 0 Å². The van der Waals surface area contributed by atoms with Gasteiger partial charge in [0.2, 0.25) is 0 Å². The second-order valence-corrected chi connectivity index (χ2v) is 7.52. The van der Waals surface area contributed by atoms with Crippen LogP contribution in [0.25, 0.3) is 0 Å². The third-order valence-electron chi connectivity index (χ3n) is 5.39. The van der Waals surface area contributed by atoms with E-state index in [0.29, 0.717) is 34.7 Å². The molecule has 0 radical (unpaired) electrons. The molecule has 23 heavy (non-hydrogen) atoms. The first-order valence-corrected chi connectivity index (χ1v) is 8.92. The first-order valence-electron chi connectivity index (χ1n) is 8.16. The summed E-state index contributed by atoms with van der Waals surface area (Å²) in [7, 11) is 0. The smallest absolute Gasteiger partial charge is 0.321 e. The van der Waals surface area contributed by atoms with E-state index in [1.165, 1.54) is 0 Å². The van der Waals surface area contributed by atoms with Gasteiger partial charge in [0.05, 0.1) is 16.3 Å². The van der Waals surface area contributed by atoms with E-state index < -0.39 is 5.60 Å². The van der Waals surface area contributed by atoms with Crippen molar-refractivity contribution in [2.24, 2.45) is 11.8 Å². The molecule has 1 aromatic carbocycles. The number of carbonyl (C=O) groups is 1. The number of nitrogens with zero attached hydrogens (tertiary/aromatic N) is 1. The van der Waals surface area contributed by atoms with Gasteiger partial charge in [-0.2, -0.15) is 0 Å². The number of amides is 2. The minimum absolute atomic E-state index is 0.165. The maximum absolute atomic E-state index is 12.5. The Morgan fingerprint density at radius 3 is 2.91 bits per heavy atom. The highest BCUT2D eigenvalue weighted by atomic mass is 35.5. The number of likely N-dealkylation sites (tertiary alicyclic amines) is 1. The molecule has 1 saturated heterocycles. The summed E-state index contributed by atoms with van der Waals surface area (Å²) in [6.07, 6.45) is 3.69. The fraction of sp³-hybridized carbons (Fsp3) is 0.588. The Labute approximate surface area is 146 Å². The molecule has 0 bridgehead atoms. The quantitative estimate of drug-likeness (QED) is 0.824. The van der Waals surface area contributed by atoms with E-state index in [1.54, 1.807) is 23.1 Å². The zero-order chi connectivity index (χ0) is 16.6. The first kappa shape index (κ1) is 16.9. The lowest BCUT2D eigenvalue weighted by Gasteiger charge is -2.40. The van der Waals surface area contributed by atoms with Crippen LogP contribution in [0.1, 0.15) is 32.6 Å². The molecule has 2 aliphatic rings. The van der Waals surface area contributed by atoms with Crippen LogP contribution < -0.4 is 5.32 Å². The fourth-order valence-electron chi connectivity index (χ4n) is 4.02. The number of carbonyl (C=O) groups excluding carboxylic acids is 1. The van der Waals surface area contributed by atoms with Crippen molar-refractivity contribution in [3.8, 4) is 0 Å². The molecule has 1 saturated carbocycles. The number of nitrogens with one attached hydrogen (secondary N) is 1. The van der Waals surface area contributed by atoms with Crippen molar-refractivity contribution in [2.75, 3.05) is 18.4 Å². The molecule has 1 aromatic rings. The Balaban J connectivity index is 1.70. The number of benzene rings is 1. The average molecular weight is 357 g/mol. The van der Waals surface area contributed by atoms with Crippen LogP contribution >= 0.6 is 23.2 Å². The minimum atomic E-state index is -0.629. The molecule has 1 aliphatic heterocycles. The summed E-state index contributed by atoms with van der Waals surface area (Å²) < 4.78 is 0. The van der Waals surface area contributed by atoms with Crippen molar-refractivity contribution < 1.29 is 9.90 Å². The molecule has 4 nitrogen and oxygen atoms in total. The number of aliphatic hydroxyl groups is 1. The number of fused-ring (bicyclic) bond motifs is 1. The molecule has 3 atom stereocenters. The van der Waals surface area contributed by atoms with Gasteiger partial charge in [0, 0.05) is 24.0 Å². The van der Waals surface area contributed by atoms with E-state index in [9.17, 15) is 9.90 Å². The van der Waals surface area contributed by atoms with E-state index >= 15 is 0 Å². The standard InChI is InChI=1S/C17H22Cl2N2O2/c1-2-17(23)7-3-4-11-9-21(10-13(11)17)16(22)20-15-6-5-12(18)8-14(15)19/h5-6,8,11,13,23H,2-4,7,9-10H2,1H3,(H,20,22)/t11-,13+,17-/m1/s1. The largest absolute Gasteiger partial charge is 0.390 e. The van der Waals surface area contributed by atoms with Crippen molar-refractivity contribution in [1.29, 1.82) is 0 Å². The normalized spacial score (nSPS) is 30.2. The van der Waals surface area contributed by atoms with Gasteiger partial charge in [-0.25, -0.2) is 4.79 Å². The monoisotopic (exact) mass is 356 g/mol. The van der Waals surface area contributed by atoms with Crippen LogP contribution in [0.3, 0.4) is 0 Å². The minimum Gasteiger partial charge on any atom is -0.390 e. The summed E-state index contributed by atoms with van der Waals surface area (Å²) in [5.41, 5.74) is -0.0720. The Hall–Kier alpha value is -0.970. The second kappa shape index (κ2) is 6.50. The number of anilines is 1. The van der Waals surface area contributed by atoms with Gasteiger partial charge >= 0.3 is 6.03 Å². The number of hydrogen-bond donors (Lipinski definition) is 2. The summed E-state index contributed by atoms with van der Waals surface area (Å²) in [5, 5.41) is 14.6. The van der Waals surface area contributed by atoms with E-state index in [1.807, 2.05) is 6.92 Å². The number of halogens is 2. The molecule has 3 rings (SSSR count). The molecular formula is C17H22Cl2N2O2. The zero-order valence-electron chi connectivity index (χ0n) is 13.2. The molecular weight excluding hydrogens is 335 g/mol. The molecule has 2 fully saturated rings. The number of urea groups is 1. The van der Waals surface area contributed by atoms with Crippen LogP contribution in [0.5, 0.6) is 0 Å². The molecule has 126 valence electrons. The zero-order valence-corrected chi connectivity index (χ0v) is 14.7. The van der Waals surface area contributed by atoms with Gasteiger partial charge in [0.15, 0.2) is 0 Å². The van der Waals surface area contributed by atoms with E-state index in [2.05, 4.69) is 5.32 Å². The van der Waals surface area contributed by atoms with Gasteiger partial charge in [-0.05, 0) is 43.4 Å².